The first kappa shape index (κ1) is 10.5. The van der Waals surface area contributed by atoms with Gasteiger partial charge >= 0.3 is 0 Å². The van der Waals surface area contributed by atoms with Crippen molar-refractivity contribution in [3.05, 3.63) is 28.3 Å². The van der Waals surface area contributed by atoms with Gasteiger partial charge in [0, 0.05) is 11.6 Å². The number of fused-ring (bicyclic) bond motifs is 1. The molecule has 0 saturated heterocycles. The molecule has 84 valence electrons. The van der Waals surface area contributed by atoms with Crippen LogP contribution in [0.5, 0.6) is 11.5 Å². The van der Waals surface area contributed by atoms with Gasteiger partial charge in [0.05, 0.1) is 31.4 Å². The average molecular weight is 220 g/mol. The lowest BCUT2D eigenvalue weighted by Crippen LogP contribution is -2.09. The minimum absolute atomic E-state index is 0.271. The smallest absolute Gasteiger partial charge is 0.280 e. The van der Waals surface area contributed by atoms with Crippen molar-refractivity contribution in [1.29, 1.82) is 0 Å². The summed E-state index contributed by atoms with van der Waals surface area (Å²) in [7, 11) is 3.10. The van der Waals surface area contributed by atoms with E-state index in [0.717, 1.165) is 5.56 Å². The summed E-state index contributed by atoms with van der Waals surface area (Å²) in [5.74, 6) is 1.16. The van der Waals surface area contributed by atoms with Crippen molar-refractivity contribution in [2.75, 3.05) is 14.2 Å². The van der Waals surface area contributed by atoms with Crippen molar-refractivity contribution in [3.8, 4) is 11.5 Å². The van der Waals surface area contributed by atoms with Gasteiger partial charge in [-0.2, -0.15) is 4.98 Å². The molecule has 16 heavy (non-hydrogen) atoms. The van der Waals surface area contributed by atoms with Crippen LogP contribution < -0.4 is 15.0 Å². The maximum atomic E-state index is 11.6. The summed E-state index contributed by atoms with van der Waals surface area (Å²) in [4.78, 5) is 18.2. The number of hydrogen-bond donors (Lipinski definition) is 1. The van der Waals surface area contributed by atoms with Crippen LogP contribution >= 0.6 is 0 Å². The zero-order valence-electron chi connectivity index (χ0n) is 9.33. The summed E-state index contributed by atoms with van der Waals surface area (Å²) >= 11 is 0. The zero-order chi connectivity index (χ0) is 11.7. The summed E-state index contributed by atoms with van der Waals surface area (Å²) < 4.78 is 10.4. The molecule has 0 unspecified atom stereocenters. The maximum Gasteiger partial charge on any atom is 0.280 e. The van der Waals surface area contributed by atoms with Crippen LogP contribution in [0, 0.1) is 6.92 Å². The van der Waals surface area contributed by atoms with Crippen LogP contribution in [0.4, 0.5) is 0 Å². The molecular weight excluding hydrogens is 208 g/mol. The van der Waals surface area contributed by atoms with Gasteiger partial charge in [-0.1, -0.05) is 0 Å². The molecule has 0 radical (unpaired) electrons. The molecular formula is C11H12N2O3. The second-order valence-corrected chi connectivity index (χ2v) is 3.37. The largest absolute Gasteiger partial charge is 0.493 e. The molecule has 1 aromatic carbocycles. The summed E-state index contributed by atoms with van der Waals surface area (Å²) in [6.07, 6.45) is 1.37. The number of nitrogens with zero attached hydrogens (tertiary/aromatic N) is 1. The lowest BCUT2D eigenvalue weighted by molar-refractivity contribution is 0.354. The summed E-state index contributed by atoms with van der Waals surface area (Å²) in [5, 5.41) is 0.528. The molecule has 0 aliphatic carbocycles. The number of aryl methyl sites for hydroxylation is 1. The molecule has 0 bridgehead atoms. The molecule has 0 atom stereocenters. The Bertz CT molecular complexity index is 590. The highest BCUT2D eigenvalue weighted by molar-refractivity contribution is 5.85. The summed E-state index contributed by atoms with van der Waals surface area (Å²) in [6.45, 7) is 1.81. The van der Waals surface area contributed by atoms with Gasteiger partial charge in [0.1, 0.15) is 0 Å². The molecule has 5 heteroatoms. The van der Waals surface area contributed by atoms with Crippen molar-refractivity contribution >= 4 is 10.9 Å². The predicted molar refractivity (Wildman–Crippen MR) is 60.2 cm³/mol. The van der Waals surface area contributed by atoms with Crippen molar-refractivity contribution in [1.82, 2.24) is 9.97 Å². The fraction of sp³-hybridized carbons (Fsp3) is 0.273. The molecule has 0 aliphatic rings. The molecule has 0 fully saturated rings. The highest BCUT2D eigenvalue weighted by Crippen LogP contribution is 2.34. The molecule has 0 aliphatic heterocycles. The highest BCUT2D eigenvalue weighted by atomic mass is 16.5. The third kappa shape index (κ3) is 1.41. The van der Waals surface area contributed by atoms with E-state index in [4.69, 9.17) is 9.47 Å². The van der Waals surface area contributed by atoms with Crippen LogP contribution in [0.3, 0.4) is 0 Å². The molecule has 1 heterocycles. The molecule has 2 aromatic rings. The lowest BCUT2D eigenvalue weighted by atomic mass is 10.1. The first-order valence-corrected chi connectivity index (χ1v) is 4.78. The number of ether oxygens (including phenoxy) is 2. The Morgan fingerprint density at radius 3 is 2.69 bits per heavy atom. The van der Waals surface area contributed by atoms with Crippen LogP contribution in [-0.4, -0.2) is 24.2 Å². The molecule has 0 spiro atoms. The summed E-state index contributed by atoms with van der Waals surface area (Å²) in [6, 6.07) is 1.73. The van der Waals surface area contributed by atoms with E-state index in [2.05, 4.69) is 9.97 Å². The number of rotatable bonds is 2. The van der Waals surface area contributed by atoms with E-state index in [0.29, 0.717) is 22.4 Å². The normalized spacial score (nSPS) is 10.4. The van der Waals surface area contributed by atoms with E-state index in [1.165, 1.54) is 6.33 Å². The van der Waals surface area contributed by atoms with E-state index < -0.39 is 0 Å². The van der Waals surface area contributed by atoms with E-state index in [9.17, 15) is 4.79 Å². The molecule has 0 amide bonds. The SMILES string of the molecule is COc1cc2[nH]cnc(=O)c2c(C)c1OC. The number of aromatic amines is 1. The second kappa shape index (κ2) is 3.84. The van der Waals surface area contributed by atoms with Gasteiger partial charge in [0.25, 0.3) is 5.56 Å². The van der Waals surface area contributed by atoms with Gasteiger partial charge in [-0.15, -0.1) is 0 Å². The number of benzene rings is 1. The first-order valence-electron chi connectivity index (χ1n) is 4.78. The van der Waals surface area contributed by atoms with Gasteiger partial charge < -0.3 is 14.5 Å². The van der Waals surface area contributed by atoms with Crippen molar-refractivity contribution in [2.24, 2.45) is 0 Å². The van der Waals surface area contributed by atoms with Gasteiger partial charge in [-0.05, 0) is 6.92 Å². The van der Waals surface area contributed by atoms with E-state index in [1.807, 2.05) is 0 Å². The maximum absolute atomic E-state index is 11.6. The number of hydrogen-bond acceptors (Lipinski definition) is 4. The Kier molecular flexibility index (Phi) is 2.52. The molecule has 2 rings (SSSR count). The number of methoxy groups -OCH3 is 2. The second-order valence-electron chi connectivity index (χ2n) is 3.37. The van der Waals surface area contributed by atoms with E-state index >= 15 is 0 Å². The third-order valence-corrected chi connectivity index (χ3v) is 2.52. The number of nitrogens with one attached hydrogen (secondary N) is 1. The van der Waals surface area contributed by atoms with Crippen molar-refractivity contribution in [2.45, 2.75) is 6.92 Å². The number of H-pyrrole nitrogens is 1. The Morgan fingerprint density at radius 2 is 2.06 bits per heavy atom. The van der Waals surface area contributed by atoms with Gasteiger partial charge in [0.15, 0.2) is 11.5 Å². The molecule has 1 N–H and O–H groups in total. The van der Waals surface area contributed by atoms with Crippen LogP contribution in [0.25, 0.3) is 10.9 Å². The van der Waals surface area contributed by atoms with Gasteiger partial charge in [-0.25, -0.2) is 0 Å². The van der Waals surface area contributed by atoms with Crippen LogP contribution in [0.2, 0.25) is 0 Å². The molecule has 1 aromatic heterocycles. The quantitative estimate of drug-likeness (QED) is 0.827. The van der Waals surface area contributed by atoms with Crippen LogP contribution in [0.15, 0.2) is 17.2 Å². The van der Waals surface area contributed by atoms with Gasteiger partial charge in [0.2, 0.25) is 0 Å². The standard InChI is InChI=1S/C11H12N2O3/c1-6-9-7(12-5-13-11(9)14)4-8(15-2)10(6)16-3/h4-5H,1-3H3,(H,12,13,14). The Hall–Kier alpha value is -2.04. The van der Waals surface area contributed by atoms with Gasteiger partial charge in [-0.3, -0.25) is 4.79 Å². The topological polar surface area (TPSA) is 64.2 Å². The van der Waals surface area contributed by atoms with Crippen molar-refractivity contribution in [3.63, 3.8) is 0 Å². The minimum Gasteiger partial charge on any atom is -0.493 e. The lowest BCUT2D eigenvalue weighted by Gasteiger charge is -2.12. The highest BCUT2D eigenvalue weighted by Gasteiger charge is 2.13. The average Bonchev–Trinajstić information content (AvgIpc) is 2.28. The fourth-order valence-electron chi connectivity index (χ4n) is 1.79. The van der Waals surface area contributed by atoms with Crippen LogP contribution in [0.1, 0.15) is 5.56 Å². The van der Waals surface area contributed by atoms with Crippen molar-refractivity contribution < 1.29 is 9.47 Å². The molecule has 0 saturated carbocycles. The zero-order valence-corrected chi connectivity index (χ0v) is 9.33. The summed E-state index contributed by atoms with van der Waals surface area (Å²) in [5.41, 5.74) is 1.15. The first-order chi connectivity index (χ1) is 7.69. The predicted octanol–water partition coefficient (Wildman–Crippen LogP) is 1.25. The van der Waals surface area contributed by atoms with E-state index in [-0.39, 0.29) is 5.56 Å². The Balaban J connectivity index is 2.94. The monoisotopic (exact) mass is 220 g/mol. The minimum atomic E-state index is -0.271. The Morgan fingerprint density at radius 1 is 1.31 bits per heavy atom. The fourth-order valence-corrected chi connectivity index (χ4v) is 1.79. The Labute approximate surface area is 92.0 Å². The number of aromatic nitrogens is 2. The molecule has 5 nitrogen and oxygen atoms in total. The van der Waals surface area contributed by atoms with Crippen LogP contribution in [-0.2, 0) is 0 Å². The third-order valence-electron chi connectivity index (χ3n) is 2.52. The van der Waals surface area contributed by atoms with E-state index in [1.54, 1.807) is 27.2 Å².